The fourth-order valence-corrected chi connectivity index (χ4v) is 9.49. The molecule has 0 unspecified atom stereocenters. The zero-order valence-electron chi connectivity index (χ0n) is 40.4. The van der Waals surface area contributed by atoms with E-state index in [0.29, 0.717) is 35.4 Å². The molecule has 1 atom stereocenters. The number of benzene rings is 4. The van der Waals surface area contributed by atoms with Crippen LogP contribution >= 0.6 is 11.3 Å². The minimum absolute atomic E-state index is 0.0622. The van der Waals surface area contributed by atoms with Crippen molar-refractivity contribution in [3.05, 3.63) is 225 Å². The van der Waals surface area contributed by atoms with Gasteiger partial charge in [-0.2, -0.15) is 0 Å². The largest absolute Gasteiger partial charge is 0.507 e. The Bertz CT molecular complexity index is 3060. The summed E-state index contributed by atoms with van der Waals surface area (Å²) in [5, 5.41) is 16.3. The number of carbonyl (C=O) groups is 5. The first kappa shape index (κ1) is 50.9. The minimum Gasteiger partial charge on any atom is -0.507 e. The standard InChI is InChI=1S/C22H21NO2.C20H23NO4.C17H14N2OS/c1-16-8-9-20(15-21(16)23-10-3-4-11-23)22(25)14-19-7-5-6-18(13-19)12-17(2)24;1-3-25-20(24)17-12(2)11-15(18(17)22)19(23)21-16-10-6-8-13-7-4-5-9-14(13)16;20-17(19-12-14-8-4-5-11-18-14)16-10-9-15(21-16)13-6-2-1-3-7-13/h3-11,13,15H,12,14H2,1-2H3;4-5,7,9,16,22H,3,6,8,10-11H2,1-2H3,(H,21,23);1-11H,12H2,(H,19,20)/t;16-;/m.1./s1. The van der Waals surface area contributed by atoms with Crippen molar-refractivity contribution in [1.29, 1.82) is 0 Å². The van der Waals surface area contributed by atoms with Gasteiger partial charge in [0.2, 0.25) is 0 Å². The molecule has 12 heteroatoms. The van der Waals surface area contributed by atoms with Crippen molar-refractivity contribution < 1.29 is 33.8 Å². The van der Waals surface area contributed by atoms with E-state index >= 15 is 0 Å². The normalized spacial score (nSPS) is 13.7. The number of amides is 2. The second-order valence-corrected chi connectivity index (χ2v) is 18.5. The monoisotopic (exact) mass is 966 g/mol. The summed E-state index contributed by atoms with van der Waals surface area (Å²) in [7, 11) is 0. The molecule has 11 nitrogen and oxygen atoms in total. The number of aliphatic hydroxyl groups is 1. The third-order valence-electron chi connectivity index (χ3n) is 12.1. The molecule has 0 saturated heterocycles. The number of allylic oxidation sites excluding steroid dienone is 1. The molecule has 0 bridgehead atoms. The maximum absolute atomic E-state index is 12.7. The number of Topliss-reactive ketones (excluding diaryl/α,β-unsaturated/α-hetero) is 2. The lowest BCUT2D eigenvalue weighted by Crippen LogP contribution is -2.32. The first-order chi connectivity index (χ1) is 34.4. The summed E-state index contributed by atoms with van der Waals surface area (Å²) in [5.41, 5.74) is 10.1. The maximum Gasteiger partial charge on any atom is 0.341 e. The molecular weight excluding hydrogens is 909 g/mol. The van der Waals surface area contributed by atoms with Crippen LogP contribution in [0.4, 0.5) is 0 Å². The highest BCUT2D eigenvalue weighted by atomic mass is 32.1. The lowest BCUT2D eigenvalue weighted by Gasteiger charge is -2.26. The van der Waals surface area contributed by atoms with Gasteiger partial charge in [-0.05, 0) is 123 Å². The number of aryl methyl sites for hydroxylation is 2. The van der Waals surface area contributed by atoms with Gasteiger partial charge in [0.15, 0.2) is 5.78 Å². The molecule has 0 aliphatic heterocycles. The maximum atomic E-state index is 12.7. The van der Waals surface area contributed by atoms with Gasteiger partial charge in [-0.3, -0.25) is 24.2 Å². The first-order valence-corrected chi connectivity index (χ1v) is 24.6. The van der Waals surface area contributed by atoms with Crippen LogP contribution in [0.1, 0.15) is 99.6 Å². The van der Waals surface area contributed by atoms with E-state index in [9.17, 15) is 29.1 Å². The summed E-state index contributed by atoms with van der Waals surface area (Å²) in [6.45, 7) is 7.72. The fourth-order valence-electron chi connectivity index (χ4n) is 8.56. The van der Waals surface area contributed by atoms with Crippen molar-refractivity contribution in [2.24, 2.45) is 0 Å². The van der Waals surface area contributed by atoms with Gasteiger partial charge in [-0.15, -0.1) is 11.3 Å². The van der Waals surface area contributed by atoms with Gasteiger partial charge in [0.05, 0.1) is 35.3 Å². The molecule has 7 aromatic rings. The highest BCUT2D eigenvalue weighted by Crippen LogP contribution is 2.34. The molecule has 2 aliphatic rings. The SMILES string of the molecule is CC(=O)Cc1cccc(CC(=O)c2ccc(C)c(-n3cccc3)c2)c1.CCOC(=O)C1=C(C)CC(C(=O)N[C@@H]2CCCc3ccccc32)=C1O.O=C(NCc1ccccn1)c1ccc(-c2ccccc2)s1. The minimum atomic E-state index is -0.580. The zero-order chi connectivity index (χ0) is 50.3. The van der Waals surface area contributed by atoms with E-state index in [0.717, 1.165) is 63.3 Å². The van der Waals surface area contributed by atoms with Gasteiger partial charge in [0.25, 0.3) is 11.8 Å². The second kappa shape index (κ2) is 24.5. The van der Waals surface area contributed by atoms with Gasteiger partial charge in [0.1, 0.15) is 17.1 Å². The van der Waals surface area contributed by atoms with Gasteiger partial charge < -0.3 is 25.0 Å². The fraction of sp³-hybridized carbons (Fsp3) is 0.220. The quantitative estimate of drug-likeness (QED) is 0.0718. The average Bonchev–Trinajstić information content (AvgIpc) is 4.16. The van der Waals surface area contributed by atoms with Crippen LogP contribution in [0.25, 0.3) is 16.1 Å². The first-order valence-electron chi connectivity index (χ1n) is 23.7. The van der Waals surface area contributed by atoms with Crippen LogP contribution in [-0.2, 0) is 44.9 Å². The molecule has 0 fully saturated rings. The number of rotatable bonds is 14. The third kappa shape index (κ3) is 13.6. The summed E-state index contributed by atoms with van der Waals surface area (Å²) in [6, 6.07) is 45.0. The average molecular weight is 967 g/mol. The molecule has 2 amide bonds. The molecule has 9 rings (SSSR count). The molecule has 0 radical (unpaired) electrons. The molecular formula is C59H58N4O7S. The Morgan fingerprint density at radius 2 is 1.52 bits per heavy atom. The molecule has 0 saturated carbocycles. The smallest absolute Gasteiger partial charge is 0.341 e. The summed E-state index contributed by atoms with van der Waals surface area (Å²) < 4.78 is 6.98. The molecule has 3 aromatic heterocycles. The number of nitrogens with zero attached hydrogens (tertiary/aromatic N) is 2. The Balaban J connectivity index is 0.000000157. The van der Waals surface area contributed by atoms with E-state index in [1.165, 1.54) is 16.9 Å². The Morgan fingerprint density at radius 1 is 0.789 bits per heavy atom. The number of ether oxygens (including phenoxy) is 1. The molecule has 3 heterocycles. The molecule has 362 valence electrons. The third-order valence-corrected chi connectivity index (χ3v) is 13.2. The van der Waals surface area contributed by atoms with Gasteiger partial charge >= 0.3 is 5.97 Å². The number of pyridine rings is 1. The van der Waals surface area contributed by atoms with Gasteiger partial charge in [0, 0.05) is 54.0 Å². The van der Waals surface area contributed by atoms with Crippen molar-refractivity contribution in [1.82, 2.24) is 20.2 Å². The Labute approximate surface area is 419 Å². The van der Waals surface area contributed by atoms with Crippen molar-refractivity contribution in [2.75, 3.05) is 6.61 Å². The van der Waals surface area contributed by atoms with Crippen molar-refractivity contribution >= 4 is 40.7 Å². The molecule has 2 aliphatic carbocycles. The highest BCUT2D eigenvalue weighted by Gasteiger charge is 2.33. The summed E-state index contributed by atoms with van der Waals surface area (Å²) >= 11 is 1.50. The lowest BCUT2D eigenvalue weighted by atomic mass is 9.87. The zero-order valence-corrected chi connectivity index (χ0v) is 41.3. The van der Waals surface area contributed by atoms with Crippen LogP contribution in [0.5, 0.6) is 0 Å². The van der Waals surface area contributed by atoms with Crippen LogP contribution in [0, 0.1) is 6.92 Å². The van der Waals surface area contributed by atoms with Crippen LogP contribution in [0.15, 0.2) is 181 Å². The number of aliphatic hydroxyl groups excluding tert-OH is 1. The van der Waals surface area contributed by atoms with Crippen LogP contribution < -0.4 is 10.6 Å². The topological polar surface area (TPSA) is 157 Å². The van der Waals surface area contributed by atoms with Gasteiger partial charge in [-0.1, -0.05) is 103 Å². The Morgan fingerprint density at radius 3 is 2.25 bits per heavy atom. The van der Waals surface area contributed by atoms with Gasteiger partial charge in [-0.25, -0.2) is 4.79 Å². The number of nitrogens with one attached hydrogen (secondary N) is 2. The van der Waals surface area contributed by atoms with Crippen molar-refractivity contribution in [2.45, 2.75) is 78.8 Å². The number of aromatic nitrogens is 2. The predicted octanol–water partition coefficient (Wildman–Crippen LogP) is 11.4. The van der Waals surface area contributed by atoms with E-state index < -0.39 is 5.97 Å². The van der Waals surface area contributed by atoms with E-state index in [-0.39, 0.29) is 59.4 Å². The molecule has 71 heavy (non-hydrogen) atoms. The summed E-state index contributed by atoms with van der Waals surface area (Å²) in [4.78, 5) is 66.8. The van der Waals surface area contributed by atoms with Crippen LogP contribution in [0.2, 0.25) is 0 Å². The predicted molar refractivity (Wildman–Crippen MR) is 278 cm³/mol. The Kier molecular flexibility index (Phi) is 17.6. The number of carbonyl (C=O) groups excluding carboxylic acids is 5. The van der Waals surface area contributed by atoms with Crippen molar-refractivity contribution in [3.63, 3.8) is 0 Å². The second-order valence-electron chi connectivity index (χ2n) is 17.4. The van der Waals surface area contributed by atoms with E-state index in [1.54, 1.807) is 27.0 Å². The highest BCUT2D eigenvalue weighted by molar-refractivity contribution is 7.17. The molecule has 4 aromatic carbocycles. The van der Waals surface area contributed by atoms with Crippen LogP contribution in [0.3, 0.4) is 0 Å². The van der Waals surface area contributed by atoms with E-state index in [2.05, 4.69) is 21.7 Å². The van der Waals surface area contributed by atoms with Crippen molar-refractivity contribution in [3.8, 4) is 16.1 Å². The molecule has 0 spiro atoms. The number of esters is 1. The Hall–Kier alpha value is -7.96. The van der Waals surface area contributed by atoms with E-state index in [4.69, 9.17) is 4.74 Å². The number of fused-ring (bicyclic) bond motifs is 1. The number of ketones is 2. The number of thiophene rings is 1. The van der Waals surface area contributed by atoms with E-state index in [1.807, 2.05) is 157 Å². The van der Waals surface area contributed by atoms with Crippen LogP contribution in [-0.4, -0.2) is 50.6 Å². The molecule has 3 N–H and O–H groups in total. The lowest BCUT2D eigenvalue weighted by molar-refractivity contribution is -0.138. The summed E-state index contributed by atoms with van der Waals surface area (Å²) in [5.74, 6) is -1.02. The number of hydrogen-bond donors (Lipinski definition) is 3. The summed E-state index contributed by atoms with van der Waals surface area (Å²) in [6.07, 6.45) is 9.57. The number of hydrogen-bond acceptors (Lipinski definition) is 9.